The molecule has 2 aromatic rings. The number of amides is 1. The number of nitrogens with two attached hydrogens (primary N) is 1. The summed E-state index contributed by atoms with van der Waals surface area (Å²) in [5, 5.41) is 10.9. The van der Waals surface area contributed by atoms with Gasteiger partial charge in [0.15, 0.2) is 6.61 Å². The number of carbonyl (C=O) groups excluding carboxylic acids is 2. The highest BCUT2D eigenvalue weighted by molar-refractivity contribution is 5.99. The number of para-hydroxylation sites is 1. The SMILES string of the molecule is Nc1ccc([N+](=O)[O-])cc1C(=O)OCC(=O)N(c1ccccc1)C1CCCCC1. The van der Waals surface area contributed by atoms with E-state index in [1.807, 2.05) is 30.3 Å². The fraction of sp³-hybridized carbons (Fsp3) is 0.333. The lowest BCUT2D eigenvalue weighted by Gasteiger charge is -2.34. The molecule has 0 bridgehead atoms. The van der Waals surface area contributed by atoms with Gasteiger partial charge in [-0.2, -0.15) is 0 Å². The Morgan fingerprint density at radius 1 is 1.10 bits per heavy atom. The van der Waals surface area contributed by atoms with E-state index in [9.17, 15) is 19.7 Å². The van der Waals surface area contributed by atoms with Gasteiger partial charge in [0.1, 0.15) is 0 Å². The van der Waals surface area contributed by atoms with Gasteiger partial charge < -0.3 is 15.4 Å². The van der Waals surface area contributed by atoms with Gasteiger partial charge in [-0.1, -0.05) is 37.5 Å². The molecule has 1 aliphatic carbocycles. The van der Waals surface area contributed by atoms with Crippen molar-refractivity contribution in [3.63, 3.8) is 0 Å². The number of hydrogen-bond acceptors (Lipinski definition) is 6. The Hall–Kier alpha value is -3.42. The molecule has 8 nitrogen and oxygen atoms in total. The minimum absolute atomic E-state index is 0.0558. The molecule has 1 amide bonds. The smallest absolute Gasteiger partial charge is 0.341 e. The molecule has 0 heterocycles. The molecular formula is C21H23N3O5. The summed E-state index contributed by atoms with van der Waals surface area (Å²) in [6, 6.07) is 12.9. The maximum Gasteiger partial charge on any atom is 0.341 e. The van der Waals surface area contributed by atoms with Crippen molar-refractivity contribution < 1.29 is 19.2 Å². The first-order valence-corrected chi connectivity index (χ1v) is 9.55. The zero-order valence-corrected chi connectivity index (χ0v) is 16.0. The van der Waals surface area contributed by atoms with Crippen LogP contribution >= 0.6 is 0 Å². The van der Waals surface area contributed by atoms with Gasteiger partial charge in [0.05, 0.1) is 10.5 Å². The van der Waals surface area contributed by atoms with Crippen LogP contribution in [0.15, 0.2) is 48.5 Å². The first-order valence-electron chi connectivity index (χ1n) is 9.55. The van der Waals surface area contributed by atoms with Crippen LogP contribution in [0.1, 0.15) is 42.5 Å². The van der Waals surface area contributed by atoms with Gasteiger partial charge >= 0.3 is 5.97 Å². The second-order valence-corrected chi connectivity index (χ2v) is 7.00. The van der Waals surface area contributed by atoms with Gasteiger partial charge in [0.25, 0.3) is 11.6 Å². The van der Waals surface area contributed by atoms with Crippen LogP contribution in [0.3, 0.4) is 0 Å². The molecule has 0 aromatic heterocycles. The lowest BCUT2D eigenvalue weighted by Crippen LogP contribution is -2.43. The highest BCUT2D eigenvalue weighted by Crippen LogP contribution is 2.28. The Labute approximate surface area is 168 Å². The number of anilines is 2. The Morgan fingerprint density at radius 2 is 1.79 bits per heavy atom. The lowest BCUT2D eigenvalue weighted by atomic mass is 9.93. The summed E-state index contributed by atoms with van der Waals surface area (Å²) in [5.74, 6) is -1.20. The van der Waals surface area contributed by atoms with E-state index in [1.165, 1.54) is 12.1 Å². The van der Waals surface area contributed by atoms with Crippen LogP contribution in [0.5, 0.6) is 0 Å². The summed E-state index contributed by atoms with van der Waals surface area (Å²) in [4.78, 5) is 37.3. The molecule has 0 radical (unpaired) electrons. The van der Waals surface area contributed by atoms with E-state index in [0.29, 0.717) is 0 Å². The van der Waals surface area contributed by atoms with E-state index in [4.69, 9.17) is 10.5 Å². The van der Waals surface area contributed by atoms with Gasteiger partial charge in [-0.3, -0.25) is 14.9 Å². The van der Waals surface area contributed by atoms with Gasteiger partial charge in [0.2, 0.25) is 0 Å². The second kappa shape index (κ2) is 9.18. The molecule has 0 atom stereocenters. The number of nitrogen functional groups attached to an aromatic ring is 1. The molecule has 0 unspecified atom stereocenters. The number of benzene rings is 2. The predicted octanol–water partition coefficient (Wildman–Crippen LogP) is 3.70. The third-order valence-electron chi connectivity index (χ3n) is 5.04. The van der Waals surface area contributed by atoms with E-state index in [1.54, 1.807) is 4.90 Å². The van der Waals surface area contributed by atoms with Crippen molar-refractivity contribution in [3.05, 3.63) is 64.2 Å². The highest BCUT2D eigenvalue weighted by atomic mass is 16.6. The molecule has 1 fully saturated rings. The summed E-state index contributed by atoms with van der Waals surface area (Å²) in [5.41, 5.74) is 6.16. The number of rotatable bonds is 6. The summed E-state index contributed by atoms with van der Waals surface area (Å²) >= 11 is 0. The number of nitrogens with zero attached hydrogens (tertiary/aromatic N) is 2. The minimum atomic E-state index is -0.865. The quantitative estimate of drug-likeness (QED) is 0.344. The average molecular weight is 397 g/mol. The van der Waals surface area contributed by atoms with Crippen LogP contribution < -0.4 is 10.6 Å². The number of non-ortho nitro benzene ring substituents is 1. The largest absolute Gasteiger partial charge is 0.452 e. The number of nitro benzene ring substituents is 1. The monoisotopic (exact) mass is 397 g/mol. The van der Waals surface area contributed by atoms with E-state index in [-0.39, 0.29) is 28.9 Å². The Balaban J connectivity index is 1.74. The first kappa shape index (κ1) is 20.3. The van der Waals surface area contributed by atoms with Crippen LogP contribution in [0.4, 0.5) is 17.1 Å². The van der Waals surface area contributed by atoms with Gasteiger partial charge in [0, 0.05) is 29.5 Å². The van der Waals surface area contributed by atoms with Crippen molar-refractivity contribution in [3.8, 4) is 0 Å². The summed E-state index contributed by atoms with van der Waals surface area (Å²) in [6.07, 6.45) is 5.03. The fourth-order valence-corrected chi connectivity index (χ4v) is 3.60. The standard InChI is InChI=1S/C21H23N3O5/c22-19-12-11-17(24(27)28)13-18(19)21(26)29-14-20(25)23(15-7-3-1-4-8-15)16-9-5-2-6-10-16/h1,3-4,7-8,11-13,16H,2,5-6,9-10,14,22H2. The average Bonchev–Trinajstić information content (AvgIpc) is 2.74. The third kappa shape index (κ3) is 4.90. The Bertz CT molecular complexity index is 894. The van der Waals surface area contributed by atoms with Crippen LogP contribution in [0, 0.1) is 10.1 Å². The molecule has 2 aromatic carbocycles. The zero-order chi connectivity index (χ0) is 20.8. The number of hydrogen-bond donors (Lipinski definition) is 1. The number of esters is 1. The molecule has 8 heteroatoms. The Kier molecular flexibility index (Phi) is 6.43. The van der Waals surface area contributed by atoms with E-state index >= 15 is 0 Å². The van der Waals surface area contributed by atoms with Crippen LogP contribution in [-0.2, 0) is 9.53 Å². The van der Waals surface area contributed by atoms with Gasteiger partial charge in [-0.25, -0.2) is 4.79 Å². The fourth-order valence-electron chi connectivity index (χ4n) is 3.60. The van der Waals surface area contributed by atoms with Crippen molar-refractivity contribution >= 4 is 28.9 Å². The molecule has 152 valence electrons. The highest BCUT2D eigenvalue weighted by Gasteiger charge is 2.28. The molecule has 1 saturated carbocycles. The van der Waals surface area contributed by atoms with Crippen molar-refractivity contribution in [1.29, 1.82) is 0 Å². The van der Waals surface area contributed by atoms with Gasteiger partial charge in [-0.15, -0.1) is 0 Å². The second-order valence-electron chi connectivity index (χ2n) is 7.00. The molecule has 2 N–H and O–H groups in total. The van der Waals surface area contributed by atoms with Crippen molar-refractivity contribution in [2.75, 3.05) is 17.2 Å². The topological polar surface area (TPSA) is 116 Å². The Morgan fingerprint density at radius 3 is 2.45 bits per heavy atom. The molecule has 0 saturated heterocycles. The number of nitro groups is 1. The van der Waals surface area contributed by atoms with Crippen LogP contribution in [0.25, 0.3) is 0 Å². The van der Waals surface area contributed by atoms with Crippen molar-refractivity contribution in [1.82, 2.24) is 0 Å². The predicted molar refractivity (Wildman–Crippen MR) is 109 cm³/mol. The van der Waals surface area contributed by atoms with Crippen molar-refractivity contribution in [2.24, 2.45) is 0 Å². The van der Waals surface area contributed by atoms with Crippen molar-refractivity contribution in [2.45, 2.75) is 38.1 Å². The molecule has 0 aliphatic heterocycles. The number of ether oxygens (including phenoxy) is 1. The molecule has 29 heavy (non-hydrogen) atoms. The summed E-state index contributed by atoms with van der Waals surface area (Å²) in [7, 11) is 0. The minimum Gasteiger partial charge on any atom is -0.452 e. The van der Waals surface area contributed by atoms with E-state index in [0.717, 1.165) is 43.9 Å². The normalized spacial score (nSPS) is 14.2. The van der Waals surface area contributed by atoms with E-state index in [2.05, 4.69) is 0 Å². The maximum absolute atomic E-state index is 12.9. The lowest BCUT2D eigenvalue weighted by molar-refractivity contribution is -0.384. The maximum atomic E-state index is 12.9. The zero-order valence-electron chi connectivity index (χ0n) is 16.0. The summed E-state index contributed by atoms with van der Waals surface area (Å²) < 4.78 is 5.17. The van der Waals surface area contributed by atoms with Crippen LogP contribution in [-0.4, -0.2) is 29.4 Å². The third-order valence-corrected chi connectivity index (χ3v) is 5.04. The van der Waals surface area contributed by atoms with Gasteiger partial charge in [-0.05, 0) is 31.0 Å². The van der Waals surface area contributed by atoms with Crippen LogP contribution in [0.2, 0.25) is 0 Å². The first-order chi connectivity index (χ1) is 14.0. The number of carbonyl (C=O) groups is 2. The molecule has 1 aliphatic rings. The van der Waals surface area contributed by atoms with E-state index < -0.39 is 17.5 Å². The molecular weight excluding hydrogens is 374 g/mol. The molecule has 3 rings (SSSR count). The molecule has 0 spiro atoms. The summed E-state index contributed by atoms with van der Waals surface area (Å²) in [6.45, 7) is -0.466.